The van der Waals surface area contributed by atoms with Crippen molar-refractivity contribution in [2.45, 2.75) is 44.7 Å². The fourth-order valence-electron chi connectivity index (χ4n) is 4.07. The molecule has 1 aliphatic rings. The van der Waals surface area contributed by atoms with Gasteiger partial charge in [-0.2, -0.15) is 0 Å². The number of hydrogen-bond acceptors (Lipinski definition) is 3. The van der Waals surface area contributed by atoms with Gasteiger partial charge in [-0.1, -0.05) is 61.2 Å². The Bertz CT molecular complexity index is 997. The van der Waals surface area contributed by atoms with Crippen molar-refractivity contribution in [2.75, 3.05) is 11.9 Å². The number of fused-ring (bicyclic) bond motifs is 1. The molecule has 29 heavy (non-hydrogen) atoms. The number of aromatic nitrogens is 1. The normalized spacial score (nSPS) is 14.7. The standard InChI is InChI=1S/C24H26ClN3O/c1-28(19-7-3-2-4-8-19)23-15-21(20-9-5-6-10-22(20)27-23)24(29)26-16-17-11-13-18(25)14-12-17/h5-6,9-15,19H,2-4,7-8,16H2,1H3,(H,26,29). The van der Waals surface area contributed by atoms with Crippen molar-refractivity contribution in [2.24, 2.45) is 0 Å². The Labute approximate surface area is 176 Å². The van der Waals surface area contributed by atoms with Crippen LogP contribution in [-0.2, 0) is 6.54 Å². The molecule has 3 aromatic rings. The van der Waals surface area contributed by atoms with Crippen LogP contribution in [0.3, 0.4) is 0 Å². The second-order valence-corrected chi connectivity index (χ2v) is 8.19. The van der Waals surface area contributed by atoms with Crippen LogP contribution in [0.4, 0.5) is 5.82 Å². The van der Waals surface area contributed by atoms with Crippen LogP contribution >= 0.6 is 11.6 Å². The van der Waals surface area contributed by atoms with Crippen molar-refractivity contribution in [3.8, 4) is 0 Å². The molecule has 5 heteroatoms. The molecular formula is C24H26ClN3O. The van der Waals surface area contributed by atoms with E-state index in [0.717, 1.165) is 22.3 Å². The predicted molar refractivity (Wildman–Crippen MR) is 120 cm³/mol. The number of rotatable bonds is 5. The van der Waals surface area contributed by atoms with Gasteiger partial charge < -0.3 is 10.2 Å². The SMILES string of the molecule is CN(c1cc(C(=O)NCc2ccc(Cl)cc2)c2ccccc2n1)C1CCCCC1. The number of carbonyl (C=O) groups is 1. The molecule has 4 nitrogen and oxygen atoms in total. The van der Waals surface area contributed by atoms with Crippen LogP contribution in [0.2, 0.25) is 5.02 Å². The van der Waals surface area contributed by atoms with Gasteiger partial charge in [0.15, 0.2) is 0 Å². The van der Waals surface area contributed by atoms with Gasteiger partial charge in [-0.15, -0.1) is 0 Å². The Morgan fingerprint density at radius 3 is 2.59 bits per heavy atom. The highest BCUT2D eigenvalue weighted by atomic mass is 35.5. The van der Waals surface area contributed by atoms with E-state index in [4.69, 9.17) is 16.6 Å². The highest BCUT2D eigenvalue weighted by Gasteiger charge is 2.21. The summed E-state index contributed by atoms with van der Waals surface area (Å²) in [6.07, 6.45) is 6.20. The number of benzene rings is 2. The fourth-order valence-corrected chi connectivity index (χ4v) is 4.19. The molecule has 1 N–H and O–H groups in total. The molecule has 0 atom stereocenters. The van der Waals surface area contributed by atoms with E-state index in [0.29, 0.717) is 23.2 Å². The Hall–Kier alpha value is -2.59. The van der Waals surface area contributed by atoms with Crippen molar-refractivity contribution in [3.05, 3.63) is 70.7 Å². The summed E-state index contributed by atoms with van der Waals surface area (Å²) in [4.78, 5) is 20.2. The van der Waals surface area contributed by atoms with Crippen molar-refractivity contribution >= 4 is 34.2 Å². The molecule has 4 rings (SSSR count). The number of hydrogen-bond donors (Lipinski definition) is 1. The topological polar surface area (TPSA) is 45.2 Å². The van der Waals surface area contributed by atoms with Crippen LogP contribution in [0.1, 0.15) is 48.0 Å². The maximum absolute atomic E-state index is 13.1. The number of carbonyl (C=O) groups excluding carboxylic acids is 1. The van der Waals surface area contributed by atoms with Gasteiger partial charge in [0.1, 0.15) is 5.82 Å². The second-order valence-electron chi connectivity index (χ2n) is 7.76. The highest BCUT2D eigenvalue weighted by molar-refractivity contribution is 6.30. The number of nitrogens with one attached hydrogen (secondary N) is 1. The van der Waals surface area contributed by atoms with E-state index in [-0.39, 0.29) is 5.91 Å². The summed E-state index contributed by atoms with van der Waals surface area (Å²) in [6.45, 7) is 0.459. The maximum Gasteiger partial charge on any atom is 0.252 e. The number of nitrogens with zero attached hydrogens (tertiary/aromatic N) is 2. The van der Waals surface area contributed by atoms with Gasteiger partial charge in [-0.05, 0) is 42.7 Å². The van der Waals surface area contributed by atoms with Gasteiger partial charge in [0.05, 0.1) is 11.1 Å². The van der Waals surface area contributed by atoms with Crippen LogP contribution in [-0.4, -0.2) is 24.0 Å². The lowest BCUT2D eigenvalue weighted by molar-refractivity contribution is 0.0952. The van der Waals surface area contributed by atoms with Crippen molar-refractivity contribution in [3.63, 3.8) is 0 Å². The second kappa shape index (κ2) is 8.83. The van der Waals surface area contributed by atoms with E-state index >= 15 is 0 Å². The molecule has 2 aromatic carbocycles. The minimum Gasteiger partial charge on any atom is -0.357 e. The molecule has 1 aliphatic carbocycles. The monoisotopic (exact) mass is 407 g/mol. The van der Waals surface area contributed by atoms with Crippen molar-refractivity contribution in [1.82, 2.24) is 10.3 Å². The molecule has 150 valence electrons. The van der Waals surface area contributed by atoms with E-state index in [9.17, 15) is 4.79 Å². The molecule has 1 saturated carbocycles. The zero-order valence-electron chi connectivity index (χ0n) is 16.7. The van der Waals surface area contributed by atoms with Crippen LogP contribution in [0.15, 0.2) is 54.6 Å². The molecule has 0 unspecified atom stereocenters. The first kappa shape index (κ1) is 19.7. The molecule has 0 radical (unpaired) electrons. The van der Waals surface area contributed by atoms with E-state index in [1.165, 1.54) is 32.1 Å². The van der Waals surface area contributed by atoms with Crippen LogP contribution in [0, 0.1) is 0 Å². The van der Waals surface area contributed by atoms with E-state index in [1.54, 1.807) is 0 Å². The Kier molecular flexibility index (Phi) is 6.00. The Morgan fingerprint density at radius 1 is 1.10 bits per heavy atom. The van der Waals surface area contributed by atoms with E-state index in [1.807, 2.05) is 54.6 Å². The lowest BCUT2D eigenvalue weighted by Crippen LogP contribution is -2.34. The van der Waals surface area contributed by atoms with Crippen LogP contribution in [0.25, 0.3) is 10.9 Å². The summed E-state index contributed by atoms with van der Waals surface area (Å²) >= 11 is 5.95. The smallest absolute Gasteiger partial charge is 0.252 e. The van der Waals surface area contributed by atoms with Gasteiger partial charge in [0.25, 0.3) is 5.91 Å². The van der Waals surface area contributed by atoms with Crippen molar-refractivity contribution < 1.29 is 4.79 Å². The number of halogens is 1. The lowest BCUT2D eigenvalue weighted by Gasteiger charge is -2.32. The first-order valence-electron chi connectivity index (χ1n) is 10.3. The third-order valence-corrected chi connectivity index (χ3v) is 6.05. The molecule has 0 bridgehead atoms. The summed E-state index contributed by atoms with van der Waals surface area (Å²) in [6, 6.07) is 17.8. The van der Waals surface area contributed by atoms with Gasteiger partial charge in [-0.25, -0.2) is 4.98 Å². The lowest BCUT2D eigenvalue weighted by atomic mass is 9.94. The average Bonchev–Trinajstić information content (AvgIpc) is 2.78. The first-order valence-corrected chi connectivity index (χ1v) is 10.6. The van der Waals surface area contributed by atoms with E-state index < -0.39 is 0 Å². The zero-order valence-corrected chi connectivity index (χ0v) is 17.5. The molecule has 1 fully saturated rings. The molecule has 0 saturated heterocycles. The van der Waals surface area contributed by atoms with Crippen LogP contribution < -0.4 is 10.2 Å². The largest absolute Gasteiger partial charge is 0.357 e. The van der Waals surface area contributed by atoms with E-state index in [2.05, 4.69) is 17.3 Å². The molecule has 0 spiro atoms. The molecule has 1 amide bonds. The molecule has 1 aromatic heterocycles. The predicted octanol–water partition coefficient (Wildman–Crippen LogP) is 5.59. The van der Waals surface area contributed by atoms with Crippen LogP contribution in [0.5, 0.6) is 0 Å². The number of para-hydroxylation sites is 1. The maximum atomic E-state index is 13.1. The summed E-state index contributed by atoms with van der Waals surface area (Å²) in [5.74, 6) is 0.782. The number of anilines is 1. The Morgan fingerprint density at radius 2 is 1.83 bits per heavy atom. The Balaban J connectivity index is 1.61. The van der Waals surface area contributed by atoms with Gasteiger partial charge in [-0.3, -0.25) is 4.79 Å². The summed E-state index contributed by atoms with van der Waals surface area (Å²) < 4.78 is 0. The highest BCUT2D eigenvalue weighted by Crippen LogP contribution is 2.28. The average molecular weight is 408 g/mol. The summed E-state index contributed by atoms with van der Waals surface area (Å²) in [7, 11) is 2.10. The van der Waals surface area contributed by atoms with Gasteiger partial charge in [0.2, 0.25) is 0 Å². The number of amides is 1. The van der Waals surface area contributed by atoms with Gasteiger partial charge >= 0.3 is 0 Å². The minimum absolute atomic E-state index is 0.0863. The van der Waals surface area contributed by atoms with Crippen molar-refractivity contribution in [1.29, 1.82) is 0 Å². The quantitative estimate of drug-likeness (QED) is 0.599. The minimum atomic E-state index is -0.0863. The fraction of sp³-hybridized carbons (Fsp3) is 0.333. The summed E-state index contributed by atoms with van der Waals surface area (Å²) in [5, 5.41) is 4.61. The molecule has 1 heterocycles. The number of pyridine rings is 1. The zero-order chi connectivity index (χ0) is 20.2. The first-order chi connectivity index (χ1) is 14.1. The summed E-state index contributed by atoms with van der Waals surface area (Å²) in [5.41, 5.74) is 2.53. The molecular weight excluding hydrogens is 382 g/mol. The molecule has 0 aliphatic heterocycles. The van der Waals surface area contributed by atoms with Gasteiger partial charge in [0, 0.05) is 30.0 Å². The third-order valence-electron chi connectivity index (χ3n) is 5.80. The third kappa shape index (κ3) is 4.54.